The number of hydrogen-bond acceptors (Lipinski definition) is 6. The van der Waals surface area contributed by atoms with Crippen molar-refractivity contribution >= 4 is 17.6 Å². The predicted octanol–water partition coefficient (Wildman–Crippen LogP) is 0.303. The smallest absolute Gasteiger partial charge is 0.257 e. The highest BCUT2D eigenvalue weighted by atomic mass is 16.5. The zero-order valence-corrected chi connectivity index (χ0v) is 13.7. The van der Waals surface area contributed by atoms with Crippen LogP contribution in [0.2, 0.25) is 0 Å². The molecule has 0 saturated carbocycles. The van der Waals surface area contributed by atoms with Crippen LogP contribution in [0.15, 0.2) is 42.9 Å². The van der Waals surface area contributed by atoms with Crippen LogP contribution in [-0.2, 0) is 4.79 Å². The van der Waals surface area contributed by atoms with E-state index in [1.165, 1.54) is 0 Å². The Labute approximate surface area is 145 Å². The fraction of sp³-hybridized carbons (Fsp3) is 0.294. The molecular formula is C17H19N5O3. The predicted molar refractivity (Wildman–Crippen MR) is 91.3 cm³/mol. The second-order valence-corrected chi connectivity index (χ2v) is 5.59. The van der Waals surface area contributed by atoms with Gasteiger partial charge in [0.05, 0.1) is 11.8 Å². The standard InChI is InChI=1S/C17H19N5O3/c18-15(23)12-25-14-4-2-1-3-13(14)17(24)22-9-7-21(8-10-22)16-11-19-5-6-20-16/h1-6,11H,7-10,12H2,(H2,18,23). The Balaban J connectivity index is 1.66. The number of rotatable bonds is 5. The molecule has 1 aromatic heterocycles. The van der Waals surface area contributed by atoms with Gasteiger partial charge in [0.1, 0.15) is 11.6 Å². The molecule has 1 aliphatic heterocycles. The molecule has 2 heterocycles. The van der Waals surface area contributed by atoms with Crippen LogP contribution >= 0.6 is 0 Å². The minimum atomic E-state index is -0.583. The minimum absolute atomic E-state index is 0.126. The molecule has 0 bridgehead atoms. The van der Waals surface area contributed by atoms with Crippen LogP contribution in [-0.4, -0.2) is 59.5 Å². The van der Waals surface area contributed by atoms with E-state index < -0.39 is 5.91 Å². The summed E-state index contributed by atoms with van der Waals surface area (Å²) in [6.45, 7) is 2.23. The van der Waals surface area contributed by atoms with Crippen LogP contribution < -0.4 is 15.4 Å². The van der Waals surface area contributed by atoms with Crippen LogP contribution in [0.5, 0.6) is 5.75 Å². The van der Waals surface area contributed by atoms with E-state index in [1.54, 1.807) is 47.8 Å². The Bertz CT molecular complexity index is 745. The highest BCUT2D eigenvalue weighted by molar-refractivity contribution is 5.97. The maximum atomic E-state index is 12.8. The van der Waals surface area contributed by atoms with Crippen LogP contribution in [0.25, 0.3) is 0 Å². The van der Waals surface area contributed by atoms with E-state index >= 15 is 0 Å². The third-order valence-corrected chi connectivity index (χ3v) is 3.93. The molecule has 0 aliphatic carbocycles. The number of hydrogen-bond donors (Lipinski definition) is 1. The van der Waals surface area contributed by atoms with Crippen molar-refractivity contribution in [1.29, 1.82) is 0 Å². The van der Waals surface area contributed by atoms with E-state index in [1.807, 2.05) is 0 Å². The third kappa shape index (κ3) is 4.03. The van der Waals surface area contributed by atoms with Crippen molar-refractivity contribution in [2.24, 2.45) is 5.73 Å². The van der Waals surface area contributed by atoms with Crippen LogP contribution in [0, 0.1) is 0 Å². The average molecular weight is 341 g/mol. The van der Waals surface area contributed by atoms with Crippen molar-refractivity contribution in [1.82, 2.24) is 14.9 Å². The molecule has 8 nitrogen and oxygen atoms in total. The van der Waals surface area contributed by atoms with E-state index in [9.17, 15) is 9.59 Å². The quantitative estimate of drug-likeness (QED) is 0.839. The van der Waals surface area contributed by atoms with Crippen LogP contribution in [0.4, 0.5) is 5.82 Å². The largest absolute Gasteiger partial charge is 0.483 e. The van der Waals surface area contributed by atoms with Crippen molar-refractivity contribution in [2.75, 3.05) is 37.7 Å². The number of primary amides is 1. The molecule has 0 spiro atoms. The Morgan fingerprint density at radius 3 is 2.56 bits per heavy atom. The maximum absolute atomic E-state index is 12.8. The highest BCUT2D eigenvalue weighted by Crippen LogP contribution is 2.21. The first kappa shape index (κ1) is 16.7. The number of amides is 2. The van der Waals surface area contributed by atoms with Gasteiger partial charge in [-0.2, -0.15) is 0 Å². The number of anilines is 1. The van der Waals surface area contributed by atoms with E-state index in [4.69, 9.17) is 10.5 Å². The van der Waals surface area contributed by atoms with Crippen molar-refractivity contribution < 1.29 is 14.3 Å². The lowest BCUT2D eigenvalue weighted by atomic mass is 10.1. The van der Waals surface area contributed by atoms with Gasteiger partial charge in [-0.25, -0.2) is 4.98 Å². The minimum Gasteiger partial charge on any atom is -0.483 e. The number of nitrogens with zero attached hydrogens (tertiary/aromatic N) is 4. The second-order valence-electron chi connectivity index (χ2n) is 5.59. The van der Waals surface area contributed by atoms with Crippen molar-refractivity contribution in [3.8, 4) is 5.75 Å². The van der Waals surface area contributed by atoms with Crippen LogP contribution in [0.1, 0.15) is 10.4 Å². The summed E-state index contributed by atoms with van der Waals surface area (Å²) in [4.78, 5) is 35.9. The van der Waals surface area contributed by atoms with Gasteiger partial charge in [-0.1, -0.05) is 12.1 Å². The Kier molecular flexibility index (Phi) is 5.08. The summed E-state index contributed by atoms with van der Waals surface area (Å²) in [5.41, 5.74) is 5.53. The summed E-state index contributed by atoms with van der Waals surface area (Å²) >= 11 is 0. The molecule has 2 N–H and O–H groups in total. The number of benzene rings is 1. The Morgan fingerprint density at radius 1 is 1.12 bits per heavy atom. The molecular weight excluding hydrogens is 322 g/mol. The highest BCUT2D eigenvalue weighted by Gasteiger charge is 2.24. The van der Waals surface area contributed by atoms with E-state index in [0.717, 1.165) is 5.82 Å². The Morgan fingerprint density at radius 2 is 1.88 bits per heavy atom. The number of para-hydroxylation sites is 1. The lowest BCUT2D eigenvalue weighted by Crippen LogP contribution is -2.49. The normalized spacial score (nSPS) is 14.2. The van der Waals surface area contributed by atoms with E-state index in [0.29, 0.717) is 37.5 Å². The molecule has 8 heteroatoms. The SMILES string of the molecule is NC(=O)COc1ccccc1C(=O)N1CCN(c2cnccn2)CC1. The van der Waals surface area contributed by atoms with Gasteiger partial charge in [0.2, 0.25) is 0 Å². The molecule has 1 aromatic carbocycles. The second kappa shape index (κ2) is 7.61. The summed E-state index contributed by atoms with van der Waals surface area (Å²) in [6.07, 6.45) is 5.00. The van der Waals surface area contributed by atoms with Gasteiger partial charge in [-0.15, -0.1) is 0 Å². The molecule has 25 heavy (non-hydrogen) atoms. The number of carbonyl (C=O) groups is 2. The van der Waals surface area contributed by atoms with Crippen molar-refractivity contribution in [3.63, 3.8) is 0 Å². The molecule has 0 radical (unpaired) electrons. The van der Waals surface area contributed by atoms with Gasteiger partial charge >= 0.3 is 0 Å². The van der Waals surface area contributed by atoms with Crippen molar-refractivity contribution in [3.05, 3.63) is 48.4 Å². The van der Waals surface area contributed by atoms with Gasteiger partial charge in [0.25, 0.3) is 11.8 Å². The lowest BCUT2D eigenvalue weighted by Gasteiger charge is -2.35. The zero-order valence-electron chi connectivity index (χ0n) is 13.7. The van der Waals surface area contributed by atoms with Crippen LogP contribution in [0.3, 0.4) is 0 Å². The number of carbonyl (C=O) groups excluding carboxylic acids is 2. The van der Waals surface area contributed by atoms with Gasteiger partial charge in [0, 0.05) is 38.6 Å². The zero-order chi connectivity index (χ0) is 17.6. The molecule has 0 atom stereocenters. The van der Waals surface area contributed by atoms with Gasteiger partial charge in [-0.05, 0) is 12.1 Å². The lowest BCUT2D eigenvalue weighted by molar-refractivity contribution is -0.119. The first-order chi connectivity index (χ1) is 12.1. The average Bonchev–Trinajstić information content (AvgIpc) is 2.67. The van der Waals surface area contributed by atoms with Gasteiger partial charge in [-0.3, -0.25) is 14.6 Å². The first-order valence-electron chi connectivity index (χ1n) is 7.95. The van der Waals surface area contributed by atoms with Crippen molar-refractivity contribution in [2.45, 2.75) is 0 Å². The van der Waals surface area contributed by atoms with Gasteiger partial charge < -0.3 is 20.3 Å². The number of piperazine rings is 1. The van der Waals surface area contributed by atoms with E-state index in [2.05, 4.69) is 14.9 Å². The fourth-order valence-corrected chi connectivity index (χ4v) is 2.68. The first-order valence-corrected chi connectivity index (χ1v) is 7.95. The Hall–Kier alpha value is -3.16. The summed E-state index contributed by atoms with van der Waals surface area (Å²) in [7, 11) is 0. The summed E-state index contributed by atoms with van der Waals surface area (Å²) in [5, 5.41) is 0. The molecule has 1 saturated heterocycles. The monoisotopic (exact) mass is 341 g/mol. The number of ether oxygens (including phenoxy) is 1. The number of aromatic nitrogens is 2. The number of nitrogens with two attached hydrogens (primary N) is 1. The topological polar surface area (TPSA) is 102 Å². The molecule has 2 amide bonds. The molecule has 2 aromatic rings. The summed E-state index contributed by atoms with van der Waals surface area (Å²) in [5.74, 6) is 0.459. The third-order valence-electron chi connectivity index (χ3n) is 3.93. The summed E-state index contributed by atoms with van der Waals surface area (Å²) in [6, 6.07) is 6.86. The maximum Gasteiger partial charge on any atom is 0.257 e. The molecule has 1 aliphatic rings. The van der Waals surface area contributed by atoms with E-state index in [-0.39, 0.29) is 12.5 Å². The molecule has 3 rings (SSSR count). The molecule has 0 unspecified atom stereocenters. The molecule has 130 valence electrons. The fourth-order valence-electron chi connectivity index (χ4n) is 2.68. The molecule has 1 fully saturated rings. The summed E-state index contributed by atoms with van der Waals surface area (Å²) < 4.78 is 5.35. The van der Waals surface area contributed by atoms with Gasteiger partial charge in [0.15, 0.2) is 6.61 Å².